The van der Waals surface area contributed by atoms with Crippen molar-refractivity contribution >= 4 is 29.2 Å². The number of amides is 2. The van der Waals surface area contributed by atoms with Gasteiger partial charge in [0.2, 0.25) is 11.8 Å². The highest BCUT2D eigenvalue weighted by Gasteiger charge is 2.25. The number of hydrogen-bond donors (Lipinski definition) is 2. The van der Waals surface area contributed by atoms with Crippen molar-refractivity contribution in [3.05, 3.63) is 46.7 Å². The number of rotatable bonds is 6. The maximum Gasteiger partial charge on any atom is 0.248 e. The largest absolute Gasteiger partial charge is 0.360 e. The molecule has 1 heterocycles. The third kappa shape index (κ3) is 5.09. The van der Waals surface area contributed by atoms with Gasteiger partial charge in [0, 0.05) is 11.1 Å². The normalized spacial score (nSPS) is 12.0. The summed E-state index contributed by atoms with van der Waals surface area (Å²) in [5.41, 5.74) is 0.826. The highest BCUT2D eigenvalue weighted by Crippen LogP contribution is 2.12. The Hall–Kier alpha value is -2.34. The van der Waals surface area contributed by atoms with Crippen molar-refractivity contribution in [1.29, 1.82) is 0 Å². The molecule has 0 aliphatic heterocycles. The molecule has 2 amide bonds. The third-order valence-electron chi connectivity index (χ3n) is 3.42. The molecule has 2 N–H and O–H groups in total. The Morgan fingerprint density at radius 1 is 1.25 bits per heavy atom. The van der Waals surface area contributed by atoms with Crippen molar-refractivity contribution in [2.24, 2.45) is 5.92 Å². The molecule has 1 atom stereocenters. The fourth-order valence-corrected chi connectivity index (χ4v) is 2.30. The van der Waals surface area contributed by atoms with Crippen LogP contribution in [0.1, 0.15) is 25.2 Å². The highest BCUT2D eigenvalue weighted by atomic mass is 35.5. The molecule has 0 spiro atoms. The molecule has 24 heavy (non-hydrogen) atoms. The van der Waals surface area contributed by atoms with E-state index in [0.29, 0.717) is 16.6 Å². The van der Waals surface area contributed by atoms with E-state index in [-0.39, 0.29) is 24.2 Å². The summed E-state index contributed by atoms with van der Waals surface area (Å²) in [6, 6.07) is 7.97. The average Bonchev–Trinajstić information content (AvgIpc) is 2.92. The Balaban J connectivity index is 1.97. The van der Waals surface area contributed by atoms with Crippen LogP contribution in [-0.4, -0.2) is 23.0 Å². The molecule has 0 bridgehead atoms. The van der Waals surface area contributed by atoms with Crippen LogP contribution in [0.5, 0.6) is 0 Å². The number of halogens is 1. The molecular weight excluding hydrogens is 330 g/mol. The second kappa shape index (κ2) is 7.97. The maximum atomic E-state index is 12.4. The molecule has 7 heteroatoms. The van der Waals surface area contributed by atoms with Gasteiger partial charge < -0.3 is 15.2 Å². The van der Waals surface area contributed by atoms with Crippen molar-refractivity contribution < 1.29 is 14.1 Å². The second-order valence-corrected chi connectivity index (χ2v) is 6.34. The average molecular weight is 350 g/mol. The molecular formula is C17H20ClN3O3. The fourth-order valence-electron chi connectivity index (χ4n) is 2.18. The van der Waals surface area contributed by atoms with Gasteiger partial charge in [-0.05, 0) is 30.5 Å². The van der Waals surface area contributed by atoms with E-state index in [9.17, 15) is 9.59 Å². The summed E-state index contributed by atoms with van der Waals surface area (Å²) >= 11 is 5.83. The maximum absolute atomic E-state index is 12.4. The first-order chi connectivity index (χ1) is 11.3. The minimum Gasteiger partial charge on any atom is -0.360 e. The Kier molecular flexibility index (Phi) is 5.98. The van der Waals surface area contributed by atoms with Crippen molar-refractivity contribution in [3.63, 3.8) is 0 Å². The van der Waals surface area contributed by atoms with Crippen LogP contribution in [0.15, 0.2) is 34.9 Å². The molecule has 1 aromatic carbocycles. The molecule has 6 nitrogen and oxygen atoms in total. The molecule has 2 aromatic rings. The van der Waals surface area contributed by atoms with E-state index >= 15 is 0 Å². The van der Waals surface area contributed by atoms with Crippen LogP contribution < -0.4 is 10.6 Å². The summed E-state index contributed by atoms with van der Waals surface area (Å²) in [5, 5.41) is 9.74. The van der Waals surface area contributed by atoms with Gasteiger partial charge in [0.05, 0.1) is 6.42 Å². The first-order valence-corrected chi connectivity index (χ1v) is 8.01. The quantitative estimate of drug-likeness (QED) is 0.839. The monoisotopic (exact) mass is 349 g/mol. The lowest BCUT2D eigenvalue weighted by Gasteiger charge is -2.21. The van der Waals surface area contributed by atoms with Crippen LogP contribution in [-0.2, 0) is 16.0 Å². The standard InChI is InChI=1S/C17H20ClN3O3/c1-10(2)16(17(23)19-14-8-11(3)24-21-14)20-15(22)9-12-4-6-13(18)7-5-12/h4-8,10,16H,9H2,1-3H3,(H,20,22)(H,19,21,23)/t16-/m0/s1. The van der Waals surface area contributed by atoms with Gasteiger partial charge in [-0.1, -0.05) is 42.7 Å². The summed E-state index contributed by atoms with van der Waals surface area (Å²) in [4.78, 5) is 24.6. The minimum absolute atomic E-state index is 0.0767. The van der Waals surface area contributed by atoms with Crippen LogP contribution in [0, 0.1) is 12.8 Å². The molecule has 0 radical (unpaired) electrons. The molecule has 0 unspecified atom stereocenters. The van der Waals surface area contributed by atoms with Gasteiger partial charge in [-0.15, -0.1) is 0 Å². The summed E-state index contributed by atoms with van der Waals surface area (Å²) in [5.74, 6) is 0.283. The second-order valence-electron chi connectivity index (χ2n) is 5.90. The van der Waals surface area contributed by atoms with Crippen molar-refractivity contribution in [1.82, 2.24) is 10.5 Å². The van der Waals surface area contributed by atoms with E-state index in [1.807, 2.05) is 13.8 Å². The Bertz CT molecular complexity index is 710. The zero-order chi connectivity index (χ0) is 17.7. The first kappa shape index (κ1) is 18.0. The van der Waals surface area contributed by atoms with Gasteiger partial charge in [-0.2, -0.15) is 0 Å². The number of carbonyl (C=O) groups excluding carboxylic acids is 2. The van der Waals surface area contributed by atoms with E-state index in [1.165, 1.54) is 0 Å². The lowest BCUT2D eigenvalue weighted by molar-refractivity contribution is -0.127. The van der Waals surface area contributed by atoms with Crippen LogP contribution in [0.25, 0.3) is 0 Å². The smallest absolute Gasteiger partial charge is 0.248 e. The Morgan fingerprint density at radius 3 is 2.46 bits per heavy atom. The van der Waals surface area contributed by atoms with Gasteiger partial charge >= 0.3 is 0 Å². The zero-order valence-electron chi connectivity index (χ0n) is 13.8. The summed E-state index contributed by atoms with van der Waals surface area (Å²) in [6.45, 7) is 5.46. The minimum atomic E-state index is -0.665. The molecule has 128 valence electrons. The lowest BCUT2D eigenvalue weighted by Crippen LogP contribution is -2.47. The predicted octanol–water partition coefficient (Wildman–Crippen LogP) is 2.96. The molecule has 1 aromatic heterocycles. The first-order valence-electron chi connectivity index (χ1n) is 7.63. The molecule has 0 aliphatic rings. The number of nitrogens with one attached hydrogen (secondary N) is 2. The fraction of sp³-hybridized carbons (Fsp3) is 0.353. The van der Waals surface area contributed by atoms with Gasteiger partial charge in [-0.3, -0.25) is 9.59 Å². The molecule has 0 saturated carbocycles. The van der Waals surface area contributed by atoms with Gasteiger partial charge in [0.15, 0.2) is 5.82 Å². The van der Waals surface area contributed by atoms with Gasteiger partial charge in [-0.25, -0.2) is 0 Å². The zero-order valence-corrected chi connectivity index (χ0v) is 14.6. The van der Waals surface area contributed by atoms with E-state index < -0.39 is 6.04 Å². The lowest BCUT2D eigenvalue weighted by atomic mass is 10.0. The van der Waals surface area contributed by atoms with Crippen LogP contribution in [0.3, 0.4) is 0 Å². The number of aromatic nitrogens is 1. The Labute approximate surface area is 145 Å². The number of carbonyl (C=O) groups is 2. The number of aryl methyl sites for hydroxylation is 1. The Morgan fingerprint density at radius 2 is 1.92 bits per heavy atom. The summed E-state index contributed by atoms with van der Waals surface area (Å²) in [7, 11) is 0. The molecule has 0 saturated heterocycles. The number of nitrogens with zero attached hydrogens (tertiary/aromatic N) is 1. The number of benzene rings is 1. The topological polar surface area (TPSA) is 84.2 Å². The predicted molar refractivity (Wildman–Crippen MR) is 91.8 cm³/mol. The van der Waals surface area contributed by atoms with E-state index in [4.69, 9.17) is 16.1 Å². The van der Waals surface area contributed by atoms with Crippen molar-refractivity contribution in [3.8, 4) is 0 Å². The van der Waals surface area contributed by atoms with Crippen LogP contribution >= 0.6 is 11.6 Å². The van der Waals surface area contributed by atoms with E-state index in [2.05, 4.69) is 15.8 Å². The van der Waals surface area contributed by atoms with E-state index in [1.54, 1.807) is 37.3 Å². The molecule has 0 aliphatic carbocycles. The SMILES string of the molecule is Cc1cc(NC(=O)[C@@H](NC(=O)Cc2ccc(Cl)cc2)C(C)C)no1. The summed E-state index contributed by atoms with van der Waals surface area (Å²) in [6.07, 6.45) is 0.177. The number of hydrogen-bond acceptors (Lipinski definition) is 4. The summed E-state index contributed by atoms with van der Waals surface area (Å²) < 4.78 is 4.91. The highest BCUT2D eigenvalue weighted by molar-refractivity contribution is 6.30. The third-order valence-corrected chi connectivity index (χ3v) is 3.67. The van der Waals surface area contributed by atoms with Gasteiger partial charge in [0.1, 0.15) is 11.8 Å². The van der Waals surface area contributed by atoms with E-state index in [0.717, 1.165) is 5.56 Å². The van der Waals surface area contributed by atoms with Crippen molar-refractivity contribution in [2.45, 2.75) is 33.2 Å². The van der Waals surface area contributed by atoms with Crippen LogP contribution in [0.4, 0.5) is 5.82 Å². The van der Waals surface area contributed by atoms with Gasteiger partial charge in [0.25, 0.3) is 0 Å². The van der Waals surface area contributed by atoms with Crippen molar-refractivity contribution in [2.75, 3.05) is 5.32 Å². The molecule has 0 fully saturated rings. The molecule has 2 rings (SSSR count). The van der Waals surface area contributed by atoms with Crippen LogP contribution in [0.2, 0.25) is 5.02 Å². The number of anilines is 1.